The maximum absolute atomic E-state index is 10.4. The molecule has 1 heterocycles. The SMILES string of the molecule is N#Cc1cccc2c1-c1ccccc1C21c2ccccc2-c2c1cc(-c1nc(-c3ccccc3)nc(-c3ccccc3)n1)c1ccccc21. The third-order valence-corrected chi connectivity index (χ3v) is 10.2. The average Bonchev–Trinajstić information content (AvgIpc) is 3.65. The Morgan fingerprint density at radius 3 is 1.55 bits per heavy atom. The first-order valence-corrected chi connectivity index (χ1v) is 16.4. The molecule has 0 bridgehead atoms. The first kappa shape index (κ1) is 27.4. The summed E-state index contributed by atoms with van der Waals surface area (Å²) in [6.07, 6.45) is 0. The molecule has 2 aliphatic carbocycles. The fourth-order valence-electron chi connectivity index (χ4n) is 8.25. The molecule has 226 valence electrons. The highest BCUT2D eigenvalue weighted by molar-refractivity contribution is 6.11. The molecule has 0 radical (unpaired) electrons. The van der Waals surface area contributed by atoms with E-state index in [1.807, 2.05) is 72.8 Å². The molecule has 0 fully saturated rings. The van der Waals surface area contributed by atoms with Crippen LogP contribution < -0.4 is 0 Å². The van der Waals surface area contributed by atoms with Crippen molar-refractivity contribution < 1.29 is 0 Å². The van der Waals surface area contributed by atoms with Crippen molar-refractivity contribution >= 4 is 10.8 Å². The van der Waals surface area contributed by atoms with Crippen molar-refractivity contribution in [2.24, 2.45) is 0 Å². The number of nitrogens with zero attached hydrogens (tertiary/aromatic N) is 4. The zero-order chi connectivity index (χ0) is 32.5. The Labute approximate surface area is 283 Å². The van der Waals surface area contributed by atoms with Crippen LogP contribution in [-0.2, 0) is 5.41 Å². The first-order valence-electron chi connectivity index (χ1n) is 16.4. The van der Waals surface area contributed by atoms with Crippen molar-refractivity contribution in [2.75, 3.05) is 0 Å². The van der Waals surface area contributed by atoms with Gasteiger partial charge in [0.2, 0.25) is 0 Å². The summed E-state index contributed by atoms with van der Waals surface area (Å²) in [4.78, 5) is 15.4. The quantitative estimate of drug-likeness (QED) is 0.197. The topological polar surface area (TPSA) is 62.5 Å². The van der Waals surface area contributed by atoms with Crippen LogP contribution in [0.15, 0.2) is 158 Å². The molecular formula is C45H26N4. The lowest BCUT2D eigenvalue weighted by molar-refractivity contribution is 0.794. The Morgan fingerprint density at radius 2 is 0.918 bits per heavy atom. The summed E-state index contributed by atoms with van der Waals surface area (Å²) in [6, 6.07) is 57.2. The number of aromatic nitrogens is 3. The zero-order valence-corrected chi connectivity index (χ0v) is 26.3. The Hall–Kier alpha value is -6.70. The van der Waals surface area contributed by atoms with Gasteiger partial charge in [-0.2, -0.15) is 5.26 Å². The van der Waals surface area contributed by atoms with Gasteiger partial charge < -0.3 is 0 Å². The number of hydrogen-bond acceptors (Lipinski definition) is 4. The lowest BCUT2D eigenvalue weighted by atomic mass is 9.70. The van der Waals surface area contributed by atoms with Crippen LogP contribution in [0.2, 0.25) is 0 Å². The fraction of sp³-hybridized carbons (Fsp3) is 0.0222. The molecule has 1 spiro atoms. The molecule has 0 saturated heterocycles. The second-order valence-corrected chi connectivity index (χ2v) is 12.6. The smallest absolute Gasteiger partial charge is 0.164 e. The van der Waals surface area contributed by atoms with Crippen molar-refractivity contribution in [3.8, 4) is 62.5 Å². The van der Waals surface area contributed by atoms with Crippen LogP contribution in [-0.4, -0.2) is 15.0 Å². The van der Waals surface area contributed by atoms with Crippen molar-refractivity contribution in [1.82, 2.24) is 15.0 Å². The van der Waals surface area contributed by atoms with Gasteiger partial charge in [0.15, 0.2) is 17.5 Å². The van der Waals surface area contributed by atoms with E-state index >= 15 is 0 Å². The van der Waals surface area contributed by atoms with E-state index < -0.39 is 5.41 Å². The van der Waals surface area contributed by atoms with Crippen LogP contribution in [0.3, 0.4) is 0 Å². The Bertz CT molecular complexity index is 2620. The molecule has 0 aliphatic heterocycles. The molecule has 10 rings (SSSR count). The van der Waals surface area contributed by atoms with Crippen LogP contribution in [0.1, 0.15) is 27.8 Å². The lowest BCUT2D eigenvalue weighted by Crippen LogP contribution is -2.26. The predicted molar refractivity (Wildman–Crippen MR) is 195 cm³/mol. The van der Waals surface area contributed by atoms with E-state index in [1.54, 1.807) is 0 Å². The Kier molecular flexibility index (Phi) is 5.82. The molecule has 1 unspecified atom stereocenters. The molecule has 4 heteroatoms. The largest absolute Gasteiger partial charge is 0.208 e. The van der Waals surface area contributed by atoms with Gasteiger partial charge in [0.1, 0.15) is 0 Å². The molecular weight excluding hydrogens is 597 g/mol. The van der Waals surface area contributed by atoms with Gasteiger partial charge in [-0.05, 0) is 61.8 Å². The summed E-state index contributed by atoms with van der Waals surface area (Å²) in [7, 11) is 0. The van der Waals surface area contributed by atoms with E-state index in [9.17, 15) is 5.26 Å². The third kappa shape index (κ3) is 3.76. The van der Waals surface area contributed by atoms with Crippen molar-refractivity contribution in [2.45, 2.75) is 5.41 Å². The Balaban J connectivity index is 1.35. The molecule has 4 nitrogen and oxygen atoms in total. The number of nitriles is 1. The van der Waals surface area contributed by atoms with E-state index in [-0.39, 0.29) is 0 Å². The monoisotopic (exact) mass is 622 g/mol. The van der Waals surface area contributed by atoms with Gasteiger partial charge in [-0.1, -0.05) is 146 Å². The van der Waals surface area contributed by atoms with E-state index in [0.717, 1.165) is 44.2 Å². The van der Waals surface area contributed by atoms with E-state index in [0.29, 0.717) is 23.0 Å². The van der Waals surface area contributed by atoms with Crippen LogP contribution in [0, 0.1) is 11.3 Å². The number of rotatable bonds is 3. The highest BCUT2D eigenvalue weighted by Gasteiger charge is 2.52. The average molecular weight is 623 g/mol. The van der Waals surface area contributed by atoms with Gasteiger partial charge in [-0.3, -0.25) is 0 Å². The van der Waals surface area contributed by atoms with Gasteiger partial charge in [-0.25, -0.2) is 15.0 Å². The summed E-state index contributed by atoms with van der Waals surface area (Å²) in [5, 5.41) is 12.6. The van der Waals surface area contributed by atoms with Crippen LogP contribution in [0.5, 0.6) is 0 Å². The molecule has 1 aromatic heterocycles. The lowest BCUT2D eigenvalue weighted by Gasteiger charge is -2.31. The summed E-state index contributed by atoms with van der Waals surface area (Å²) in [5.74, 6) is 1.87. The van der Waals surface area contributed by atoms with Crippen molar-refractivity contribution in [3.05, 3.63) is 186 Å². The van der Waals surface area contributed by atoms with Crippen LogP contribution in [0.25, 0.3) is 67.2 Å². The Morgan fingerprint density at radius 1 is 0.408 bits per heavy atom. The molecule has 49 heavy (non-hydrogen) atoms. The molecule has 2 aliphatic rings. The van der Waals surface area contributed by atoms with E-state index in [1.165, 1.54) is 27.8 Å². The van der Waals surface area contributed by atoms with Gasteiger partial charge in [0.05, 0.1) is 17.0 Å². The molecule has 8 aromatic rings. The number of hydrogen-bond donors (Lipinski definition) is 0. The number of benzene rings is 7. The van der Waals surface area contributed by atoms with Gasteiger partial charge in [0.25, 0.3) is 0 Å². The number of fused-ring (bicyclic) bond motifs is 12. The molecule has 0 amide bonds. The second kappa shape index (κ2) is 10.4. The molecule has 1 atom stereocenters. The minimum Gasteiger partial charge on any atom is -0.208 e. The van der Waals surface area contributed by atoms with Crippen LogP contribution >= 0.6 is 0 Å². The van der Waals surface area contributed by atoms with Gasteiger partial charge >= 0.3 is 0 Å². The predicted octanol–water partition coefficient (Wildman–Crippen LogP) is 10.2. The van der Waals surface area contributed by atoms with E-state index in [2.05, 4.69) is 91.0 Å². The molecule has 7 aromatic carbocycles. The zero-order valence-electron chi connectivity index (χ0n) is 26.3. The summed E-state index contributed by atoms with van der Waals surface area (Å²) >= 11 is 0. The highest BCUT2D eigenvalue weighted by atomic mass is 15.0. The summed E-state index contributed by atoms with van der Waals surface area (Å²) < 4.78 is 0. The highest BCUT2D eigenvalue weighted by Crippen LogP contribution is 2.64. The van der Waals surface area contributed by atoms with Crippen molar-refractivity contribution in [1.29, 1.82) is 5.26 Å². The maximum atomic E-state index is 10.4. The molecule has 0 saturated carbocycles. The van der Waals surface area contributed by atoms with Gasteiger partial charge in [-0.15, -0.1) is 0 Å². The first-order chi connectivity index (χ1) is 24.3. The normalized spacial score (nSPS) is 15.0. The summed E-state index contributed by atoms with van der Waals surface area (Å²) in [6.45, 7) is 0. The van der Waals surface area contributed by atoms with E-state index in [4.69, 9.17) is 15.0 Å². The maximum Gasteiger partial charge on any atom is 0.164 e. The minimum atomic E-state index is -0.624. The third-order valence-electron chi connectivity index (χ3n) is 10.2. The van der Waals surface area contributed by atoms with Crippen LogP contribution in [0.4, 0.5) is 0 Å². The summed E-state index contributed by atoms with van der Waals surface area (Å²) in [5.41, 5.74) is 12.1. The van der Waals surface area contributed by atoms with Crippen molar-refractivity contribution in [3.63, 3.8) is 0 Å². The standard InChI is InChI=1S/C45H26N4/c46-27-30-18-13-25-38-40(30)33-21-9-11-23-36(33)45(38)37-24-12-10-22-34(37)41-32-20-8-7-19-31(32)35(26-39(41)45)44-48-42(28-14-3-1-4-15-28)47-43(49-44)29-16-5-2-6-17-29/h1-26H. The second-order valence-electron chi connectivity index (χ2n) is 12.6. The fourth-order valence-corrected chi connectivity index (χ4v) is 8.25. The minimum absolute atomic E-state index is 0.620. The molecule has 0 N–H and O–H groups in total. The van der Waals surface area contributed by atoms with Gasteiger partial charge in [0, 0.05) is 22.3 Å².